The van der Waals surface area contributed by atoms with Gasteiger partial charge in [0.1, 0.15) is 11.4 Å². The van der Waals surface area contributed by atoms with Crippen molar-refractivity contribution in [2.24, 2.45) is 9.98 Å². The first-order chi connectivity index (χ1) is 62.2. The average molecular weight is 1880 g/mol. The summed E-state index contributed by atoms with van der Waals surface area (Å²) in [5.41, 5.74) is 35.4. The molecule has 1 aliphatic carbocycles. The fraction of sp³-hybridized carbons (Fsp3) is 0.00901. The first kappa shape index (κ1) is 78.3. The smallest absolute Gasteiger partial charge is 0.113 e. The van der Waals surface area contributed by atoms with Gasteiger partial charge in [0.25, 0.3) is 0 Å². The number of hydrogen-bond donors (Lipinski definition) is 3. The van der Waals surface area contributed by atoms with Gasteiger partial charge in [0.05, 0.1) is 97.9 Å². The third kappa shape index (κ3) is 16.3. The number of aromatic nitrogens is 9. The van der Waals surface area contributed by atoms with Crippen LogP contribution in [-0.2, 0) is 0 Å². The molecule has 8 aliphatic rings. The van der Waals surface area contributed by atoms with Gasteiger partial charge >= 0.3 is 0 Å². The molecule has 24 bridgehead atoms. The zero-order valence-electron chi connectivity index (χ0n) is 67.3. The van der Waals surface area contributed by atoms with Crippen LogP contribution in [-0.4, -0.2) is 56.3 Å². The van der Waals surface area contributed by atoms with Crippen LogP contribution in [0.4, 0.5) is 0 Å². The molecule has 11 nitrogen and oxygen atoms in total. The number of pyridine rings is 2. The zero-order chi connectivity index (χ0) is 84.2. The molecule has 0 amide bonds. The highest BCUT2D eigenvalue weighted by Gasteiger charge is 2.27. The van der Waals surface area contributed by atoms with Crippen LogP contribution in [0.2, 0.25) is 0 Å². The first-order valence-corrected chi connectivity index (χ1v) is 45.0. The Labute approximate surface area is 767 Å². The van der Waals surface area contributed by atoms with E-state index in [1.54, 1.807) is 35.1 Å². The molecular formula is C111H75I2N11S2. The molecule has 0 radical (unpaired) electrons. The second-order valence-corrected chi connectivity index (χ2v) is 34.6. The summed E-state index contributed by atoms with van der Waals surface area (Å²) < 4.78 is 6.97. The van der Waals surface area contributed by atoms with E-state index in [2.05, 4.69) is 385 Å². The Morgan fingerprint density at radius 1 is 0.302 bits per heavy atom. The summed E-state index contributed by atoms with van der Waals surface area (Å²) in [5.74, 6) is 13.5. The standard InChI is InChI=1S/C47H29N5.C32H19I2N3S.C32H21N3S.3H2/c1-3-11-32(12-4-1)46-35-18-17-34(31-35)38(21-19-36-15-7-9-29-48-36)40-23-27-44(50-40)47(33-13-5-2-6-14-33)45-28-25-42(52-45)39(41-24-26-43(46)51-41)22-20-37-16-8-10-30-49-37;33-31-24-14-11-21(35-24)29(19-7-3-1-4-8-19)22-12-16-26(36-22)32(34)28-18-17-27(38-28)30(20-9-5-2-6-10-20)23-13-15-25(31)37-23;1-3-7-21(8-4-1)31-27-15-11-23(33-27)19-24-12-17-29(34-24)32(22-9-5-2-6-10-22)30-18-14-26(36-30)20-25-13-16-28(31)35-25;;;/h1-18,23-30,51H,31H2;1-18,35H;1-20,33H;3*1H. The number of rotatable bonds is 6. The quantitative estimate of drug-likeness (QED) is 0.111. The average Bonchev–Trinajstić information content (AvgIpc) is 1.63. The van der Waals surface area contributed by atoms with E-state index in [0.29, 0.717) is 17.8 Å². The lowest BCUT2D eigenvalue weighted by atomic mass is 9.94. The number of nitrogens with one attached hydrogen (secondary N) is 3. The van der Waals surface area contributed by atoms with Crippen LogP contribution in [0.3, 0.4) is 0 Å². The maximum Gasteiger partial charge on any atom is 0.113 e. The highest BCUT2D eigenvalue weighted by Crippen LogP contribution is 2.43. The number of nitrogens with zero attached hydrogens (tertiary/aromatic N) is 8. The van der Waals surface area contributed by atoms with Gasteiger partial charge in [-0.2, -0.15) is 0 Å². The molecule has 16 heterocycles. The van der Waals surface area contributed by atoms with E-state index in [9.17, 15) is 0 Å². The van der Waals surface area contributed by atoms with E-state index in [4.69, 9.17) is 29.9 Å². The monoisotopic (exact) mass is 1880 g/mol. The normalized spacial score (nSPS) is 13.7. The predicted octanol–water partition coefficient (Wildman–Crippen LogP) is 28.5. The summed E-state index contributed by atoms with van der Waals surface area (Å²) >= 11 is 8.40. The zero-order valence-corrected chi connectivity index (χ0v) is 73.3. The summed E-state index contributed by atoms with van der Waals surface area (Å²) in [4.78, 5) is 50.8. The number of thiophene rings is 2. The molecule has 9 aromatic heterocycles. The lowest BCUT2D eigenvalue weighted by molar-refractivity contribution is 1.23. The molecule has 7 aliphatic heterocycles. The molecule has 6 aromatic carbocycles. The molecule has 0 fully saturated rings. The van der Waals surface area contributed by atoms with Crippen molar-refractivity contribution in [3.63, 3.8) is 0 Å². The van der Waals surface area contributed by atoms with Gasteiger partial charge in [0, 0.05) is 91.1 Å². The van der Waals surface area contributed by atoms with E-state index in [-0.39, 0.29) is 4.28 Å². The van der Waals surface area contributed by atoms with Crippen molar-refractivity contribution in [2.45, 2.75) is 6.42 Å². The van der Waals surface area contributed by atoms with Crippen molar-refractivity contribution in [3.8, 4) is 68.2 Å². The molecule has 600 valence electrons. The third-order valence-electron chi connectivity index (χ3n) is 22.2. The van der Waals surface area contributed by atoms with Gasteiger partial charge in [-0.15, -0.1) is 22.7 Å². The number of allylic oxidation sites excluding steroid dienone is 11. The maximum absolute atomic E-state index is 5.27. The minimum absolute atomic E-state index is 0. The Kier molecular flexibility index (Phi) is 21.8. The minimum atomic E-state index is 0. The second-order valence-electron chi connectivity index (χ2n) is 30.2. The van der Waals surface area contributed by atoms with Crippen LogP contribution >= 0.6 is 67.9 Å². The number of aliphatic imine (C=N–C) groups is 2. The topological polar surface area (TPSA) is 149 Å². The number of halogens is 2. The Hall–Kier alpha value is -15.0. The third-order valence-corrected chi connectivity index (χ3v) is 27.0. The minimum Gasteiger partial charge on any atom is -0.355 e. The van der Waals surface area contributed by atoms with Gasteiger partial charge in [-0.25, -0.2) is 39.9 Å². The largest absolute Gasteiger partial charge is 0.355 e. The Morgan fingerprint density at radius 3 is 1.39 bits per heavy atom. The molecule has 0 unspecified atom stereocenters. The summed E-state index contributed by atoms with van der Waals surface area (Å²) in [6.45, 7) is 0. The fourth-order valence-electron chi connectivity index (χ4n) is 16.3. The Morgan fingerprint density at radius 2 is 0.762 bits per heavy atom. The van der Waals surface area contributed by atoms with Crippen molar-refractivity contribution < 1.29 is 4.28 Å². The van der Waals surface area contributed by atoms with Gasteiger partial charge in [-0.05, 0) is 278 Å². The van der Waals surface area contributed by atoms with Crippen LogP contribution in [0.5, 0.6) is 0 Å². The van der Waals surface area contributed by atoms with Gasteiger partial charge in [-0.1, -0.05) is 218 Å². The number of H-pyrrole nitrogens is 3. The predicted molar refractivity (Wildman–Crippen MR) is 548 cm³/mol. The number of benzene rings is 6. The Bertz CT molecular complexity index is 7630. The van der Waals surface area contributed by atoms with E-state index in [0.717, 1.165) is 197 Å². The molecule has 0 saturated heterocycles. The molecule has 3 N–H and O–H groups in total. The highest BCUT2D eigenvalue weighted by atomic mass is 127. The number of fused-ring (bicyclic) bond motifs is 22. The van der Waals surface area contributed by atoms with Gasteiger partial charge in [0.15, 0.2) is 0 Å². The molecule has 15 heteroatoms. The molecule has 126 heavy (non-hydrogen) atoms. The second kappa shape index (κ2) is 35.1. The lowest BCUT2D eigenvalue weighted by Crippen LogP contribution is -2.02. The van der Waals surface area contributed by atoms with Crippen LogP contribution in [0, 0.1) is 30.8 Å². The SMILES string of the molecule is C(#Cc1ccccn1)C1=C2C=CC(=C(c3ccccc3)c3ccc([nH]3)C(C#Cc3ccccn3)=C3C=CC(=N3)C(c3ccccc3)=C3C=CC1=N3)C2.C1=Cc2nc1cc1ccc(s1)c(-c1ccccc1)c1nc(cc3ccc([nH]3)c2-c2ccccc2)C=C1.Ic1c2nc(c(-c3ccccc3)c3ccc(s3)c(I)c3nc(c(-c4ccccc4)c4ccc1[nH]4)C=C3)C=C2.[HH].[HH].[HH]. The first-order valence-electron chi connectivity index (χ1n) is 41.2. The number of hydrogen-bond acceptors (Lipinski definition) is 10. The fourth-order valence-corrected chi connectivity index (χ4v) is 19.8. The van der Waals surface area contributed by atoms with Crippen LogP contribution < -0.4 is 0 Å². The molecule has 23 rings (SSSR count). The van der Waals surface area contributed by atoms with Crippen molar-refractivity contribution in [1.29, 1.82) is 0 Å². The summed E-state index contributed by atoms with van der Waals surface area (Å²) in [6.07, 6.45) is 33.7. The van der Waals surface area contributed by atoms with Crippen molar-refractivity contribution in [2.75, 3.05) is 0 Å². The van der Waals surface area contributed by atoms with Gasteiger partial charge in [-0.3, -0.25) is 0 Å². The van der Waals surface area contributed by atoms with Crippen molar-refractivity contribution in [1.82, 2.24) is 44.9 Å². The Balaban J connectivity index is 0.000000132. The van der Waals surface area contributed by atoms with E-state index >= 15 is 0 Å². The molecular weight excluding hydrogens is 1810 g/mol. The van der Waals surface area contributed by atoms with E-state index in [1.807, 2.05) is 84.9 Å². The maximum atomic E-state index is 5.27. The molecule has 15 aromatic rings. The summed E-state index contributed by atoms with van der Waals surface area (Å²) in [6, 6.07) is 100. The summed E-state index contributed by atoms with van der Waals surface area (Å²) in [5, 5.41) is 0. The van der Waals surface area contributed by atoms with Crippen molar-refractivity contribution >= 4 is 185 Å². The number of aromatic amines is 3. The van der Waals surface area contributed by atoms with Gasteiger partial charge < -0.3 is 15.0 Å². The van der Waals surface area contributed by atoms with E-state index in [1.165, 1.54) is 19.7 Å². The van der Waals surface area contributed by atoms with Crippen LogP contribution in [0.15, 0.2) is 378 Å². The van der Waals surface area contributed by atoms with E-state index < -0.39 is 0 Å². The lowest BCUT2D eigenvalue weighted by Gasteiger charge is -2.12. The van der Waals surface area contributed by atoms with Crippen LogP contribution in [0.1, 0.15) is 90.2 Å². The summed E-state index contributed by atoms with van der Waals surface area (Å²) in [7, 11) is 0. The van der Waals surface area contributed by atoms with Crippen LogP contribution in [0.25, 0.3) is 151 Å². The van der Waals surface area contributed by atoms with Crippen molar-refractivity contribution in [3.05, 3.63) is 455 Å². The molecule has 0 atom stereocenters. The molecule has 0 spiro atoms. The molecule has 0 saturated carbocycles. The highest BCUT2D eigenvalue weighted by molar-refractivity contribution is 14.1. The van der Waals surface area contributed by atoms with Gasteiger partial charge in [0.2, 0.25) is 0 Å².